The van der Waals surface area contributed by atoms with Gasteiger partial charge in [-0.15, -0.1) is 18.8 Å². The van der Waals surface area contributed by atoms with Gasteiger partial charge < -0.3 is 5.73 Å². The third-order valence-electron chi connectivity index (χ3n) is 5.78. The number of hydrogen-bond donors (Lipinski definition) is 1. The van der Waals surface area contributed by atoms with Crippen LogP contribution in [-0.4, -0.2) is 12.3 Å². The van der Waals surface area contributed by atoms with Gasteiger partial charge in [0, 0.05) is 0 Å². The number of rotatable bonds is 4. The van der Waals surface area contributed by atoms with E-state index >= 15 is 0 Å². The third kappa shape index (κ3) is 3.16. The number of nitrogens with two attached hydrogens (primary N) is 1. The maximum atomic E-state index is 12.3. The summed E-state index contributed by atoms with van der Waals surface area (Å²) in [6.45, 7) is 7.32. The van der Waals surface area contributed by atoms with Crippen LogP contribution >= 0.6 is 12.4 Å². The molecule has 4 heteroatoms. The van der Waals surface area contributed by atoms with Crippen LogP contribution in [-0.2, 0) is 4.79 Å². The molecule has 3 nitrogen and oxygen atoms in total. The number of fused-ring (bicyclic) bond motifs is 1. The monoisotopic (exact) mass is 346 g/mol. The highest BCUT2D eigenvalue weighted by Gasteiger charge is 2.52. The second-order valence-electron chi connectivity index (χ2n) is 7.41. The zero-order valence-corrected chi connectivity index (χ0v) is 15.6. The van der Waals surface area contributed by atoms with Crippen molar-refractivity contribution in [3.8, 4) is 18.4 Å². The molecule has 0 aliphatic heterocycles. The van der Waals surface area contributed by atoms with Gasteiger partial charge >= 0.3 is 0 Å². The number of nitrogens with zero attached hydrogens (tertiary/aromatic N) is 1. The average Bonchev–Trinajstić information content (AvgIpc) is 2.53. The summed E-state index contributed by atoms with van der Waals surface area (Å²) < 4.78 is 0. The Hall–Kier alpha value is -1.55. The SMILES string of the molecule is C#C[C@]12C=C(C#N)C(=O)C=C1[C@@](C)(CCCN)[C@H](C(C)C)CC2.Cl. The van der Waals surface area contributed by atoms with Gasteiger partial charge in [-0.1, -0.05) is 26.7 Å². The summed E-state index contributed by atoms with van der Waals surface area (Å²) in [4.78, 5) is 12.3. The van der Waals surface area contributed by atoms with E-state index in [1.807, 2.05) is 6.07 Å². The van der Waals surface area contributed by atoms with Gasteiger partial charge in [0.1, 0.15) is 6.07 Å². The molecule has 24 heavy (non-hydrogen) atoms. The molecule has 0 heterocycles. The van der Waals surface area contributed by atoms with Crippen LogP contribution in [0.25, 0.3) is 0 Å². The molecule has 1 saturated carbocycles. The van der Waals surface area contributed by atoms with Gasteiger partial charge in [-0.3, -0.25) is 4.79 Å². The standard InChI is InChI=1S/C20H26N2O.ClH/c1-5-20-9-7-16(14(2)3)19(4,8-6-10-21)18(20)11-17(23)15(12-20)13-22;/h1,11-12,14,16H,6-10,21H2,2-4H3;1H/t16-,19-,20-;/m0./s1. The predicted molar refractivity (Wildman–Crippen MR) is 99.3 cm³/mol. The number of terminal acetylenes is 1. The normalized spacial score (nSPS) is 32.0. The van der Waals surface area contributed by atoms with Gasteiger partial charge in [-0.05, 0) is 67.2 Å². The van der Waals surface area contributed by atoms with Crippen LogP contribution in [0.3, 0.4) is 0 Å². The minimum absolute atomic E-state index is 0. The summed E-state index contributed by atoms with van der Waals surface area (Å²) in [6, 6.07) is 2.00. The largest absolute Gasteiger partial charge is 0.330 e. The van der Waals surface area contributed by atoms with Crippen LogP contribution in [0.15, 0.2) is 23.3 Å². The van der Waals surface area contributed by atoms with Gasteiger partial charge in [-0.2, -0.15) is 5.26 Å². The lowest BCUT2D eigenvalue weighted by atomic mass is 9.50. The Labute approximate surface area is 151 Å². The first-order chi connectivity index (χ1) is 10.8. The molecule has 0 saturated heterocycles. The summed E-state index contributed by atoms with van der Waals surface area (Å²) in [5.74, 6) is 3.67. The van der Waals surface area contributed by atoms with E-state index in [1.165, 1.54) is 0 Å². The lowest BCUT2D eigenvalue weighted by molar-refractivity contribution is -0.111. The number of carbonyl (C=O) groups excluding carboxylic acids is 1. The van der Waals surface area contributed by atoms with Crippen molar-refractivity contribution < 1.29 is 4.79 Å². The van der Waals surface area contributed by atoms with E-state index < -0.39 is 5.41 Å². The van der Waals surface area contributed by atoms with Crippen LogP contribution in [0.1, 0.15) is 46.5 Å². The molecular formula is C20H27ClN2O. The zero-order valence-electron chi connectivity index (χ0n) is 14.8. The minimum Gasteiger partial charge on any atom is -0.330 e. The summed E-state index contributed by atoms with van der Waals surface area (Å²) in [7, 11) is 0. The molecular weight excluding hydrogens is 320 g/mol. The van der Waals surface area contributed by atoms with Crippen LogP contribution in [0, 0.1) is 46.3 Å². The molecule has 2 aliphatic rings. The number of carbonyl (C=O) groups is 1. The Bertz CT molecular complexity index is 650. The number of ketones is 1. The second-order valence-corrected chi connectivity index (χ2v) is 7.41. The van der Waals surface area contributed by atoms with Crippen molar-refractivity contribution in [2.45, 2.75) is 46.5 Å². The van der Waals surface area contributed by atoms with E-state index in [0.29, 0.717) is 18.4 Å². The van der Waals surface area contributed by atoms with E-state index in [4.69, 9.17) is 12.2 Å². The molecule has 2 aliphatic carbocycles. The van der Waals surface area contributed by atoms with E-state index in [0.717, 1.165) is 31.3 Å². The van der Waals surface area contributed by atoms with Crippen molar-refractivity contribution in [1.29, 1.82) is 5.26 Å². The first-order valence-electron chi connectivity index (χ1n) is 8.42. The summed E-state index contributed by atoms with van der Waals surface area (Å²) in [5, 5.41) is 9.22. The highest BCUT2D eigenvalue weighted by Crippen LogP contribution is 2.59. The second kappa shape index (κ2) is 7.56. The Morgan fingerprint density at radius 1 is 1.50 bits per heavy atom. The van der Waals surface area contributed by atoms with E-state index in [2.05, 4.69) is 26.7 Å². The molecule has 0 bridgehead atoms. The van der Waals surface area contributed by atoms with Crippen LogP contribution in [0.5, 0.6) is 0 Å². The van der Waals surface area contributed by atoms with Crippen molar-refractivity contribution >= 4 is 18.2 Å². The van der Waals surface area contributed by atoms with Gasteiger partial charge in [0.2, 0.25) is 0 Å². The Balaban J connectivity index is 0.00000288. The summed E-state index contributed by atoms with van der Waals surface area (Å²) >= 11 is 0. The molecule has 0 unspecified atom stereocenters. The summed E-state index contributed by atoms with van der Waals surface area (Å²) in [6.07, 6.45) is 12.9. The molecule has 0 aromatic rings. The number of nitriles is 1. The third-order valence-corrected chi connectivity index (χ3v) is 5.78. The van der Waals surface area contributed by atoms with Crippen molar-refractivity contribution in [2.75, 3.05) is 6.54 Å². The fourth-order valence-corrected chi connectivity index (χ4v) is 4.65. The molecule has 0 aromatic heterocycles. The maximum Gasteiger partial charge on any atom is 0.196 e. The molecule has 0 spiro atoms. The number of halogens is 1. The average molecular weight is 347 g/mol. The molecule has 0 radical (unpaired) electrons. The molecule has 130 valence electrons. The van der Waals surface area contributed by atoms with E-state index in [-0.39, 0.29) is 29.2 Å². The Morgan fingerprint density at radius 2 is 2.17 bits per heavy atom. The lowest BCUT2D eigenvalue weighted by Gasteiger charge is -2.53. The predicted octanol–water partition coefficient (Wildman–Crippen LogP) is 3.80. The van der Waals surface area contributed by atoms with Crippen molar-refractivity contribution in [3.05, 3.63) is 23.3 Å². The van der Waals surface area contributed by atoms with E-state index in [1.54, 1.807) is 12.2 Å². The number of allylic oxidation sites excluding steroid dienone is 4. The van der Waals surface area contributed by atoms with Crippen molar-refractivity contribution in [3.63, 3.8) is 0 Å². The summed E-state index contributed by atoms with van der Waals surface area (Å²) in [5.41, 5.74) is 6.21. The van der Waals surface area contributed by atoms with Crippen LogP contribution in [0.4, 0.5) is 0 Å². The Morgan fingerprint density at radius 3 is 2.67 bits per heavy atom. The molecule has 0 amide bonds. The molecule has 2 N–H and O–H groups in total. The minimum atomic E-state index is -0.590. The smallest absolute Gasteiger partial charge is 0.196 e. The lowest BCUT2D eigenvalue weighted by Crippen LogP contribution is -2.46. The van der Waals surface area contributed by atoms with Gasteiger partial charge in [0.15, 0.2) is 5.78 Å². The van der Waals surface area contributed by atoms with Crippen LogP contribution in [0.2, 0.25) is 0 Å². The molecule has 0 aromatic carbocycles. The highest BCUT2D eigenvalue weighted by molar-refractivity contribution is 6.09. The molecule has 2 rings (SSSR count). The van der Waals surface area contributed by atoms with Crippen molar-refractivity contribution in [1.82, 2.24) is 0 Å². The maximum absolute atomic E-state index is 12.3. The van der Waals surface area contributed by atoms with E-state index in [9.17, 15) is 10.1 Å². The molecule has 1 fully saturated rings. The fourth-order valence-electron chi connectivity index (χ4n) is 4.65. The zero-order chi connectivity index (χ0) is 17.3. The molecule has 3 atom stereocenters. The highest BCUT2D eigenvalue weighted by atomic mass is 35.5. The number of hydrogen-bond acceptors (Lipinski definition) is 3. The first kappa shape index (κ1) is 20.5. The quantitative estimate of drug-likeness (QED) is 0.787. The van der Waals surface area contributed by atoms with Gasteiger partial charge in [0.25, 0.3) is 0 Å². The Kier molecular flexibility index (Phi) is 6.45. The first-order valence-corrected chi connectivity index (χ1v) is 8.42. The van der Waals surface area contributed by atoms with Crippen LogP contribution < -0.4 is 5.73 Å². The van der Waals surface area contributed by atoms with Gasteiger partial charge in [0.05, 0.1) is 11.0 Å². The topological polar surface area (TPSA) is 66.9 Å². The fraction of sp³-hybridized carbons (Fsp3) is 0.600. The van der Waals surface area contributed by atoms with Crippen molar-refractivity contribution in [2.24, 2.45) is 28.4 Å². The van der Waals surface area contributed by atoms with Gasteiger partial charge in [-0.25, -0.2) is 0 Å².